The van der Waals surface area contributed by atoms with Crippen molar-refractivity contribution in [3.8, 4) is 22.3 Å². The average Bonchev–Trinajstić information content (AvgIpc) is 3.15. The molecule has 0 unspecified atom stereocenters. The third-order valence-electron chi connectivity index (χ3n) is 9.76. The van der Waals surface area contributed by atoms with Crippen molar-refractivity contribution in [3.63, 3.8) is 0 Å². The third kappa shape index (κ3) is 4.96. The fraction of sp³-hybridized carbons (Fsp3) is 0.0213. The highest BCUT2D eigenvalue weighted by Gasteiger charge is 2.21. The van der Waals surface area contributed by atoms with Gasteiger partial charge in [0.05, 0.1) is 0 Å². The maximum absolute atomic E-state index is 2.41. The van der Waals surface area contributed by atoms with Crippen LogP contribution in [0.4, 0.5) is 0 Å². The summed E-state index contributed by atoms with van der Waals surface area (Å²) in [6, 6.07) is 69.2. The summed E-state index contributed by atoms with van der Waals surface area (Å²) in [4.78, 5) is 0. The van der Waals surface area contributed by atoms with Gasteiger partial charge in [-0.1, -0.05) is 170 Å². The second-order valence-electron chi connectivity index (χ2n) is 12.5. The highest BCUT2D eigenvalue weighted by atomic mass is 14.2. The molecule has 47 heavy (non-hydrogen) atoms. The van der Waals surface area contributed by atoms with Gasteiger partial charge in [0, 0.05) is 5.92 Å². The van der Waals surface area contributed by atoms with E-state index in [1.807, 2.05) is 0 Å². The molecule has 0 heteroatoms. The average molecular weight is 597 g/mol. The van der Waals surface area contributed by atoms with Gasteiger partial charge >= 0.3 is 0 Å². The Kier molecular flexibility index (Phi) is 6.65. The van der Waals surface area contributed by atoms with E-state index in [9.17, 15) is 0 Å². The number of rotatable bonds is 5. The van der Waals surface area contributed by atoms with Crippen LogP contribution in [-0.2, 0) is 0 Å². The van der Waals surface area contributed by atoms with E-state index in [0.29, 0.717) is 0 Å². The minimum Gasteiger partial charge on any atom is -0.0616 e. The van der Waals surface area contributed by atoms with Crippen LogP contribution in [0, 0.1) is 0 Å². The van der Waals surface area contributed by atoms with Gasteiger partial charge in [-0.05, 0) is 100 Å². The van der Waals surface area contributed by atoms with E-state index in [1.54, 1.807) is 0 Å². The molecule has 0 amide bonds. The molecule has 0 radical (unpaired) electrons. The summed E-state index contributed by atoms with van der Waals surface area (Å²) >= 11 is 0. The predicted octanol–water partition coefficient (Wildman–Crippen LogP) is 12.8. The van der Waals surface area contributed by atoms with Crippen molar-refractivity contribution in [3.05, 3.63) is 205 Å². The van der Waals surface area contributed by atoms with Gasteiger partial charge in [0.2, 0.25) is 0 Å². The highest BCUT2D eigenvalue weighted by molar-refractivity contribution is 6.09. The molecule has 9 aromatic rings. The lowest BCUT2D eigenvalue weighted by molar-refractivity contribution is 0.992. The maximum atomic E-state index is 2.41. The molecule has 0 atom stereocenters. The first kappa shape index (κ1) is 27.3. The van der Waals surface area contributed by atoms with Crippen LogP contribution in [0.5, 0.6) is 0 Å². The normalized spacial score (nSPS) is 11.6. The molecule has 0 aliphatic rings. The van der Waals surface area contributed by atoms with Crippen LogP contribution in [0.1, 0.15) is 22.6 Å². The van der Waals surface area contributed by atoms with Crippen LogP contribution < -0.4 is 0 Å². The van der Waals surface area contributed by atoms with Crippen molar-refractivity contribution in [2.75, 3.05) is 0 Å². The van der Waals surface area contributed by atoms with Gasteiger partial charge in [-0.2, -0.15) is 0 Å². The van der Waals surface area contributed by atoms with E-state index in [2.05, 4.69) is 188 Å². The van der Waals surface area contributed by atoms with Crippen LogP contribution in [-0.4, -0.2) is 0 Å². The molecule has 0 spiro atoms. The summed E-state index contributed by atoms with van der Waals surface area (Å²) in [7, 11) is 0. The number of hydrogen-bond donors (Lipinski definition) is 0. The summed E-state index contributed by atoms with van der Waals surface area (Å²) in [5, 5.41) is 10.2. The van der Waals surface area contributed by atoms with Crippen molar-refractivity contribution in [2.24, 2.45) is 0 Å². The first-order valence-electron chi connectivity index (χ1n) is 16.4. The molecule has 9 aromatic carbocycles. The Morgan fingerprint density at radius 2 is 0.660 bits per heavy atom. The lowest BCUT2D eigenvalue weighted by Gasteiger charge is -2.23. The van der Waals surface area contributed by atoms with Gasteiger partial charge in [0.25, 0.3) is 0 Å². The van der Waals surface area contributed by atoms with Gasteiger partial charge in [-0.3, -0.25) is 0 Å². The molecule has 0 bridgehead atoms. The molecule has 0 N–H and O–H groups in total. The van der Waals surface area contributed by atoms with Gasteiger partial charge < -0.3 is 0 Å². The van der Waals surface area contributed by atoms with Gasteiger partial charge in [0.1, 0.15) is 0 Å². The van der Waals surface area contributed by atoms with Gasteiger partial charge in [-0.25, -0.2) is 0 Å². The van der Waals surface area contributed by atoms with Gasteiger partial charge in [-0.15, -0.1) is 0 Å². The van der Waals surface area contributed by atoms with E-state index >= 15 is 0 Å². The summed E-state index contributed by atoms with van der Waals surface area (Å²) in [6.07, 6.45) is 0. The Bertz CT molecular complexity index is 2430. The van der Waals surface area contributed by atoms with Crippen LogP contribution >= 0.6 is 0 Å². The molecule has 0 aliphatic heterocycles. The maximum Gasteiger partial charge on any atom is 0.0346 e. The summed E-state index contributed by atoms with van der Waals surface area (Å²) in [5.74, 6) is 0.0702. The zero-order chi connectivity index (χ0) is 31.2. The Morgan fingerprint density at radius 1 is 0.255 bits per heavy atom. The molecular formula is C47H32. The van der Waals surface area contributed by atoms with E-state index in [0.717, 1.165) is 0 Å². The Morgan fingerprint density at radius 3 is 1.19 bits per heavy atom. The Hall–Kier alpha value is -5.98. The topological polar surface area (TPSA) is 0 Å². The largest absolute Gasteiger partial charge is 0.0616 e. The molecule has 0 nitrogen and oxygen atoms in total. The first-order valence-corrected chi connectivity index (χ1v) is 16.4. The van der Waals surface area contributed by atoms with E-state index < -0.39 is 0 Å². The Balaban J connectivity index is 1.18. The molecule has 0 saturated heterocycles. The SMILES string of the molecule is c1ccc2cc(-c3ccc(C(c4ccc(-c5ccc6ccccc6c5)cc4)c4cc5ccccc5c5ccccc45)cc3)ccc2c1. The minimum absolute atomic E-state index is 0.0702. The standard InChI is InChI=1S/C47H32/c1-3-11-38-29-40(27-21-32(38)9-1)34-17-23-36(24-18-34)47(46-31-42-13-5-6-14-43(42)44-15-7-8-16-45(44)46)37-25-19-35(20-26-37)41-28-22-33-10-2-4-12-39(33)30-41/h1-31,47H. The molecule has 0 heterocycles. The van der Waals surface area contributed by atoms with Crippen molar-refractivity contribution in [2.45, 2.75) is 5.92 Å². The quantitative estimate of drug-likeness (QED) is 0.137. The van der Waals surface area contributed by atoms with Crippen molar-refractivity contribution >= 4 is 43.1 Å². The van der Waals surface area contributed by atoms with E-state index in [1.165, 1.54) is 82.0 Å². The van der Waals surface area contributed by atoms with Crippen molar-refractivity contribution in [1.82, 2.24) is 0 Å². The monoisotopic (exact) mass is 596 g/mol. The highest BCUT2D eigenvalue weighted by Crippen LogP contribution is 2.40. The zero-order valence-electron chi connectivity index (χ0n) is 26.0. The Labute approximate surface area is 275 Å². The lowest BCUT2D eigenvalue weighted by Crippen LogP contribution is -2.05. The van der Waals surface area contributed by atoms with Crippen molar-refractivity contribution < 1.29 is 0 Å². The smallest absolute Gasteiger partial charge is 0.0346 e. The van der Waals surface area contributed by atoms with Crippen LogP contribution in [0.25, 0.3) is 65.3 Å². The number of fused-ring (bicyclic) bond motifs is 5. The van der Waals surface area contributed by atoms with E-state index in [4.69, 9.17) is 0 Å². The zero-order valence-corrected chi connectivity index (χ0v) is 26.0. The molecule has 0 aromatic heterocycles. The lowest BCUT2D eigenvalue weighted by atomic mass is 9.80. The number of benzene rings is 9. The summed E-state index contributed by atoms with van der Waals surface area (Å²) in [6.45, 7) is 0. The molecule has 220 valence electrons. The summed E-state index contributed by atoms with van der Waals surface area (Å²) < 4.78 is 0. The predicted molar refractivity (Wildman–Crippen MR) is 201 cm³/mol. The fourth-order valence-corrected chi connectivity index (χ4v) is 7.35. The van der Waals surface area contributed by atoms with Crippen molar-refractivity contribution in [1.29, 1.82) is 0 Å². The minimum atomic E-state index is 0.0702. The van der Waals surface area contributed by atoms with Crippen LogP contribution in [0.15, 0.2) is 188 Å². The third-order valence-corrected chi connectivity index (χ3v) is 9.76. The summed E-state index contributed by atoms with van der Waals surface area (Å²) in [5.41, 5.74) is 8.84. The van der Waals surface area contributed by atoms with Crippen LogP contribution in [0.3, 0.4) is 0 Å². The molecular weight excluding hydrogens is 565 g/mol. The van der Waals surface area contributed by atoms with Crippen LogP contribution in [0.2, 0.25) is 0 Å². The van der Waals surface area contributed by atoms with Gasteiger partial charge in [0.15, 0.2) is 0 Å². The second-order valence-corrected chi connectivity index (χ2v) is 12.5. The first-order chi connectivity index (χ1) is 23.3. The van der Waals surface area contributed by atoms with E-state index in [-0.39, 0.29) is 5.92 Å². The molecule has 0 aliphatic carbocycles. The second kappa shape index (κ2) is 11.4. The molecule has 0 fully saturated rings. The molecule has 0 saturated carbocycles. The fourth-order valence-electron chi connectivity index (χ4n) is 7.35. The molecule has 9 rings (SSSR count). The number of hydrogen-bond acceptors (Lipinski definition) is 0.